The summed E-state index contributed by atoms with van der Waals surface area (Å²) in [5.41, 5.74) is 0. The molecule has 0 aromatic carbocycles. The number of hydrogen-bond donors (Lipinski definition) is 2. The molecule has 0 spiro atoms. The smallest absolute Gasteiger partial charge is 0.306 e. The van der Waals surface area contributed by atoms with Crippen molar-refractivity contribution in [2.75, 3.05) is 0 Å². The standard InChI is InChI=1S/C11H12ClNO3S/c12-9-4-3-8(17-9)10(14)13-7-2-1-6(5-7)11(15)16/h3-4,6-7H,1-2,5H2,(H,13,14)(H,15,16)/t6-,7+/m1/s1. The lowest BCUT2D eigenvalue weighted by atomic mass is 10.1. The summed E-state index contributed by atoms with van der Waals surface area (Å²) in [6.45, 7) is 0. The molecule has 1 aliphatic rings. The largest absolute Gasteiger partial charge is 0.481 e. The third-order valence-electron chi connectivity index (χ3n) is 2.91. The van der Waals surface area contributed by atoms with Gasteiger partial charge < -0.3 is 10.4 Å². The van der Waals surface area contributed by atoms with Gasteiger partial charge in [0.25, 0.3) is 5.91 Å². The lowest BCUT2D eigenvalue weighted by Crippen LogP contribution is -2.32. The first kappa shape index (κ1) is 12.4. The first-order chi connectivity index (χ1) is 8.06. The van der Waals surface area contributed by atoms with Crippen LogP contribution in [0.15, 0.2) is 12.1 Å². The highest BCUT2D eigenvalue weighted by atomic mass is 35.5. The fraction of sp³-hybridized carbons (Fsp3) is 0.455. The van der Waals surface area contributed by atoms with Gasteiger partial charge in [-0.2, -0.15) is 0 Å². The maximum absolute atomic E-state index is 11.8. The van der Waals surface area contributed by atoms with Gasteiger partial charge in [-0.25, -0.2) is 0 Å². The highest BCUT2D eigenvalue weighted by Crippen LogP contribution is 2.27. The molecule has 1 amide bonds. The van der Waals surface area contributed by atoms with Crippen LogP contribution in [0.1, 0.15) is 28.9 Å². The molecular weight excluding hydrogens is 262 g/mol. The molecule has 1 heterocycles. The number of aliphatic carboxylic acids is 1. The number of carbonyl (C=O) groups is 2. The van der Waals surface area contributed by atoms with Crippen LogP contribution in [0.4, 0.5) is 0 Å². The van der Waals surface area contributed by atoms with Crippen molar-refractivity contribution in [3.63, 3.8) is 0 Å². The van der Waals surface area contributed by atoms with E-state index in [0.29, 0.717) is 22.1 Å². The van der Waals surface area contributed by atoms with Gasteiger partial charge in [0.05, 0.1) is 15.1 Å². The van der Waals surface area contributed by atoms with Crippen LogP contribution in [0.5, 0.6) is 0 Å². The molecule has 1 fully saturated rings. The molecule has 1 aliphatic carbocycles. The SMILES string of the molecule is O=C(N[C@H]1CC[C@@H](C(=O)O)C1)c1ccc(Cl)s1. The number of amides is 1. The summed E-state index contributed by atoms with van der Waals surface area (Å²) in [5, 5.41) is 11.7. The van der Waals surface area contributed by atoms with Crippen molar-refractivity contribution in [3.05, 3.63) is 21.3 Å². The fourth-order valence-electron chi connectivity index (χ4n) is 2.03. The number of nitrogens with one attached hydrogen (secondary N) is 1. The fourth-order valence-corrected chi connectivity index (χ4v) is 2.98. The zero-order valence-corrected chi connectivity index (χ0v) is 10.6. The Kier molecular flexibility index (Phi) is 3.69. The van der Waals surface area contributed by atoms with E-state index in [4.69, 9.17) is 16.7 Å². The molecule has 92 valence electrons. The first-order valence-corrected chi connectivity index (χ1v) is 6.54. The number of hydrogen-bond acceptors (Lipinski definition) is 3. The maximum atomic E-state index is 11.8. The Morgan fingerprint density at radius 1 is 1.41 bits per heavy atom. The third kappa shape index (κ3) is 2.98. The molecule has 0 aliphatic heterocycles. The molecule has 0 saturated heterocycles. The number of carboxylic acid groups (broad SMARTS) is 1. The lowest BCUT2D eigenvalue weighted by Gasteiger charge is -2.11. The van der Waals surface area contributed by atoms with Gasteiger partial charge in [0, 0.05) is 6.04 Å². The van der Waals surface area contributed by atoms with E-state index in [1.165, 1.54) is 11.3 Å². The first-order valence-electron chi connectivity index (χ1n) is 5.35. The van der Waals surface area contributed by atoms with Crippen LogP contribution in [-0.2, 0) is 4.79 Å². The Morgan fingerprint density at radius 2 is 2.18 bits per heavy atom. The zero-order valence-electron chi connectivity index (χ0n) is 8.98. The van der Waals surface area contributed by atoms with Gasteiger partial charge in [-0.15, -0.1) is 11.3 Å². The van der Waals surface area contributed by atoms with Crippen molar-refractivity contribution >= 4 is 34.8 Å². The Labute approximate surface area is 108 Å². The molecule has 0 bridgehead atoms. The van der Waals surface area contributed by atoms with Gasteiger partial charge >= 0.3 is 5.97 Å². The molecule has 0 radical (unpaired) electrons. The van der Waals surface area contributed by atoms with Crippen molar-refractivity contribution in [2.45, 2.75) is 25.3 Å². The zero-order chi connectivity index (χ0) is 12.4. The maximum Gasteiger partial charge on any atom is 0.306 e. The molecule has 0 unspecified atom stereocenters. The summed E-state index contributed by atoms with van der Waals surface area (Å²) < 4.78 is 0.574. The van der Waals surface area contributed by atoms with Gasteiger partial charge in [0.2, 0.25) is 0 Å². The molecule has 1 aromatic heterocycles. The van der Waals surface area contributed by atoms with E-state index in [0.717, 1.165) is 6.42 Å². The average Bonchev–Trinajstić information content (AvgIpc) is 2.86. The van der Waals surface area contributed by atoms with Gasteiger partial charge in [-0.1, -0.05) is 11.6 Å². The Hall–Kier alpha value is -1.07. The quantitative estimate of drug-likeness (QED) is 0.889. The minimum Gasteiger partial charge on any atom is -0.481 e. The number of carbonyl (C=O) groups excluding carboxylic acids is 1. The van der Waals surface area contributed by atoms with E-state index in [1.807, 2.05) is 0 Å². The minimum absolute atomic E-state index is 0.0375. The average molecular weight is 274 g/mol. The van der Waals surface area contributed by atoms with Crippen LogP contribution in [0.25, 0.3) is 0 Å². The minimum atomic E-state index is -0.777. The van der Waals surface area contributed by atoms with E-state index >= 15 is 0 Å². The van der Waals surface area contributed by atoms with E-state index in [-0.39, 0.29) is 17.9 Å². The van der Waals surface area contributed by atoms with E-state index in [1.54, 1.807) is 12.1 Å². The molecule has 4 nitrogen and oxygen atoms in total. The topological polar surface area (TPSA) is 66.4 Å². The highest BCUT2D eigenvalue weighted by Gasteiger charge is 2.30. The van der Waals surface area contributed by atoms with Crippen LogP contribution < -0.4 is 5.32 Å². The summed E-state index contributed by atoms with van der Waals surface area (Å²) in [5.74, 6) is -1.27. The Bertz CT molecular complexity index is 446. The van der Waals surface area contributed by atoms with Crippen molar-refractivity contribution in [1.82, 2.24) is 5.32 Å². The second kappa shape index (κ2) is 5.06. The summed E-state index contributed by atoms with van der Waals surface area (Å²) in [6, 6.07) is 3.31. The van der Waals surface area contributed by atoms with E-state index in [2.05, 4.69) is 5.32 Å². The normalized spacial score (nSPS) is 23.6. The summed E-state index contributed by atoms with van der Waals surface area (Å²) in [4.78, 5) is 23.1. The van der Waals surface area contributed by atoms with Crippen LogP contribution in [0.2, 0.25) is 4.34 Å². The summed E-state index contributed by atoms with van der Waals surface area (Å²) >= 11 is 6.97. The van der Waals surface area contributed by atoms with Crippen LogP contribution >= 0.6 is 22.9 Å². The van der Waals surface area contributed by atoms with Crippen LogP contribution in [-0.4, -0.2) is 23.0 Å². The van der Waals surface area contributed by atoms with Gasteiger partial charge in [0.15, 0.2) is 0 Å². The lowest BCUT2D eigenvalue weighted by molar-refractivity contribution is -0.141. The van der Waals surface area contributed by atoms with Crippen molar-refractivity contribution < 1.29 is 14.7 Å². The highest BCUT2D eigenvalue weighted by molar-refractivity contribution is 7.17. The number of rotatable bonds is 3. The van der Waals surface area contributed by atoms with Gasteiger partial charge in [-0.3, -0.25) is 9.59 Å². The van der Waals surface area contributed by atoms with Crippen molar-refractivity contribution in [2.24, 2.45) is 5.92 Å². The molecule has 1 saturated carbocycles. The van der Waals surface area contributed by atoms with Gasteiger partial charge in [0.1, 0.15) is 0 Å². The molecule has 2 N–H and O–H groups in total. The van der Waals surface area contributed by atoms with Crippen molar-refractivity contribution in [3.8, 4) is 0 Å². The summed E-state index contributed by atoms with van der Waals surface area (Å²) in [6.07, 6.45) is 1.87. The number of thiophene rings is 1. The molecule has 2 atom stereocenters. The number of halogens is 1. The molecule has 2 rings (SSSR count). The molecule has 17 heavy (non-hydrogen) atoms. The summed E-state index contributed by atoms with van der Waals surface area (Å²) in [7, 11) is 0. The van der Waals surface area contributed by atoms with Crippen molar-refractivity contribution in [1.29, 1.82) is 0 Å². The predicted molar refractivity (Wildman–Crippen MR) is 65.6 cm³/mol. The Balaban J connectivity index is 1.90. The molecule has 6 heteroatoms. The number of carboxylic acids is 1. The van der Waals surface area contributed by atoms with Crippen LogP contribution in [0, 0.1) is 5.92 Å². The second-order valence-electron chi connectivity index (χ2n) is 4.12. The third-order valence-corrected chi connectivity index (χ3v) is 4.14. The molecule has 1 aromatic rings. The Morgan fingerprint density at radius 3 is 2.71 bits per heavy atom. The van der Waals surface area contributed by atoms with E-state index < -0.39 is 5.97 Å². The monoisotopic (exact) mass is 273 g/mol. The van der Waals surface area contributed by atoms with Crippen LogP contribution in [0.3, 0.4) is 0 Å². The molecular formula is C11H12ClNO3S. The van der Waals surface area contributed by atoms with Gasteiger partial charge in [-0.05, 0) is 31.4 Å². The van der Waals surface area contributed by atoms with E-state index in [9.17, 15) is 9.59 Å². The second-order valence-corrected chi connectivity index (χ2v) is 5.84. The predicted octanol–water partition coefficient (Wildman–Crippen LogP) is 2.38.